The van der Waals surface area contributed by atoms with Crippen molar-refractivity contribution < 1.29 is 4.39 Å². The summed E-state index contributed by atoms with van der Waals surface area (Å²) in [5, 5.41) is 4.04. The molecule has 0 saturated heterocycles. The second-order valence-electron chi connectivity index (χ2n) is 3.48. The van der Waals surface area contributed by atoms with E-state index >= 15 is 0 Å². The predicted molar refractivity (Wildman–Crippen MR) is 55.6 cm³/mol. The van der Waals surface area contributed by atoms with E-state index in [0.29, 0.717) is 0 Å². The minimum atomic E-state index is -0.253. The summed E-state index contributed by atoms with van der Waals surface area (Å²) in [6, 6.07) is 5.94. The van der Waals surface area contributed by atoms with Crippen LogP contribution in [0.3, 0.4) is 0 Å². The molecule has 0 spiro atoms. The van der Waals surface area contributed by atoms with E-state index in [9.17, 15) is 4.39 Å². The Kier molecular flexibility index (Phi) is 2.51. The van der Waals surface area contributed by atoms with Gasteiger partial charge in [0.2, 0.25) is 0 Å². The molecule has 3 nitrogen and oxygen atoms in total. The summed E-state index contributed by atoms with van der Waals surface area (Å²) in [6.45, 7) is 0. The first-order chi connectivity index (χ1) is 7.16. The molecule has 0 amide bonds. The number of nitrogens with zero attached hydrogens (tertiary/aromatic N) is 2. The highest BCUT2D eigenvalue weighted by Gasteiger charge is 2.10. The van der Waals surface area contributed by atoms with Gasteiger partial charge in [-0.05, 0) is 17.7 Å². The molecule has 1 heterocycles. The summed E-state index contributed by atoms with van der Waals surface area (Å²) in [5.41, 5.74) is 7.80. The molecule has 1 atom stereocenters. The Labute approximate surface area is 87.3 Å². The lowest BCUT2D eigenvalue weighted by atomic mass is 10.0. The van der Waals surface area contributed by atoms with Crippen molar-refractivity contribution in [3.8, 4) is 0 Å². The van der Waals surface area contributed by atoms with Crippen molar-refractivity contribution in [2.45, 2.75) is 6.04 Å². The number of aromatic nitrogens is 2. The van der Waals surface area contributed by atoms with Crippen LogP contribution >= 0.6 is 0 Å². The van der Waals surface area contributed by atoms with Gasteiger partial charge in [-0.1, -0.05) is 12.1 Å². The van der Waals surface area contributed by atoms with Crippen molar-refractivity contribution in [3.63, 3.8) is 0 Å². The molecule has 4 heteroatoms. The van der Waals surface area contributed by atoms with Crippen LogP contribution in [0.2, 0.25) is 0 Å². The van der Waals surface area contributed by atoms with E-state index in [-0.39, 0.29) is 11.9 Å². The standard InChI is InChI=1S/C11H12FN3/c1-15-7-9(6-14-15)11(13)8-2-4-10(12)5-3-8/h2-7,11H,13H2,1H3/t11-/m0/s1. The van der Waals surface area contributed by atoms with E-state index < -0.39 is 0 Å². The number of rotatable bonds is 2. The van der Waals surface area contributed by atoms with E-state index in [0.717, 1.165) is 11.1 Å². The molecular formula is C11H12FN3. The number of halogens is 1. The molecule has 0 bridgehead atoms. The highest BCUT2D eigenvalue weighted by atomic mass is 19.1. The van der Waals surface area contributed by atoms with E-state index in [1.54, 1.807) is 23.0 Å². The second-order valence-corrected chi connectivity index (χ2v) is 3.48. The first-order valence-corrected chi connectivity index (χ1v) is 4.66. The van der Waals surface area contributed by atoms with Gasteiger partial charge in [-0.15, -0.1) is 0 Å². The highest BCUT2D eigenvalue weighted by molar-refractivity contribution is 5.28. The van der Waals surface area contributed by atoms with Crippen LogP contribution in [0, 0.1) is 5.82 Å². The molecule has 1 aromatic carbocycles. The van der Waals surface area contributed by atoms with Gasteiger partial charge in [-0.3, -0.25) is 4.68 Å². The van der Waals surface area contributed by atoms with Crippen molar-refractivity contribution >= 4 is 0 Å². The van der Waals surface area contributed by atoms with Crippen LogP contribution in [0.5, 0.6) is 0 Å². The number of hydrogen-bond donors (Lipinski definition) is 1. The van der Waals surface area contributed by atoms with Crippen LogP contribution in [0.25, 0.3) is 0 Å². The minimum absolute atomic E-state index is 0.251. The Morgan fingerprint density at radius 3 is 2.47 bits per heavy atom. The largest absolute Gasteiger partial charge is 0.320 e. The molecule has 0 aliphatic rings. The van der Waals surface area contributed by atoms with E-state index in [2.05, 4.69) is 5.10 Å². The highest BCUT2D eigenvalue weighted by Crippen LogP contribution is 2.18. The third kappa shape index (κ3) is 2.05. The topological polar surface area (TPSA) is 43.8 Å². The normalized spacial score (nSPS) is 12.7. The SMILES string of the molecule is Cn1cc([C@@H](N)c2ccc(F)cc2)cn1. The molecular weight excluding hydrogens is 193 g/mol. The fraction of sp³-hybridized carbons (Fsp3) is 0.182. The number of nitrogens with two attached hydrogens (primary N) is 1. The first kappa shape index (κ1) is 9.86. The summed E-state index contributed by atoms with van der Waals surface area (Å²) < 4.78 is 14.4. The molecule has 0 radical (unpaired) electrons. The predicted octanol–water partition coefficient (Wildman–Crippen LogP) is 1.61. The van der Waals surface area contributed by atoms with E-state index in [1.807, 2.05) is 13.2 Å². The molecule has 78 valence electrons. The fourth-order valence-corrected chi connectivity index (χ4v) is 1.46. The lowest BCUT2D eigenvalue weighted by Crippen LogP contribution is -2.10. The van der Waals surface area contributed by atoms with Crippen LogP contribution < -0.4 is 5.73 Å². The fourth-order valence-electron chi connectivity index (χ4n) is 1.46. The van der Waals surface area contributed by atoms with Gasteiger partial charge >= 0.3 is 0 Å². The molecule has 2 rings (SSSR count). The molecule has 0 aliphatic carbocycles. The summed E-state index contributed by atoms with van der Waals surface area (Å²) in [4.78, 5) is 0. The maximum absolute atomic E-state index is 12.7. The smallest absolute Gasteiger partial charge is 0.123 e. The van der Waals surface area contributed by atoms with Crippen LogP contribution in [0.1, 0.15) is 17.2 Å². The van der Waals surface area contributed by atoms with Gasteiger partial charge in [0.05, 0.1) is 12.2 Å². The van der Waals surface area contributed by atoms with Crippen molar-refractivity contribution in [3.05, 3.63) is 53.6 Å². The first-order valence-electron chi connectivity index (χ1n) is 4.66. The lowest BCUT2D eigenvalue weighted by Gasteiger charge is -2.09. The average Bonchev–Trinajstić information content (AvgIpc) is 2.65. The summed E-state index contributed by atoms with van der Waals surface area (Å²) >= 11 is 0. The zero-order chi connectivity index (χ0) is 10.8. The number of benzene rings is 1. The molecule has 0 unspecified atom stereocenters. The Morgan fingerprint density at radius 1 is 1.27 bits per heavy atom. The van der Waals surface area contributed by atoms with Crippen LogP contribution in [0.4, 0.5) is 4.39 Å². The van der Waals surface area contributed by atoms with Gasteiger partial charge < -0.3 is 5.73 Å². The molecule has 0 saturated carbocycles. The maximum atomic E-state index is 12.7. The van der Waals surface area contributed by atoms with Crippen molar-refractivity contribution in [2.75, 3.05) is 0 Å². The molecule has 0 aliphatic heterocycles. The zero-order valence-corrected chi connectivity index (χ0v) is 8.39. The van der Waals surface area contributed by atoms with Gasteiger partial charge in [-0.25, -0.2) is 4.39 Å². The Bertz CT molecular complexity index is 447. The Hall–Kier alpha value is -1.68. The number of hydrogen-bond acceptors (Lipinski definition) is 2. The Morgan fingerprint density at radius 2 is 1.93 bits per heavy atom. The minimum Gasteiger partial charge on any atom is -0.320 e. The maximum Gasteiger partial charge on any atom is 0.123 e. The average molecular weight is 205 g/mol. The quantitative estimate of drug-likeness (QED) is 0.809. The zero-order valence-electron chi connectivity index (χ0n) is 8.39. The Balaban J connectivity index is 2.28. The summed E-state index contributed by atoms with van der Waals surface area (Å²) in [7, 11) is 1.83. The molecule has 15 heavy (non-hydrogen) atoms. The van der Waals surface area contributed by atoms with Gasteiger partial charge in [0, 0.05) is 18.8 Å². The lowest BCUT2D eigenvalue weighted by molar-refractivity contribution is 0.626. The molecule has 1 aromatic heterocycles. The van der Waals surface area contributed by atoms with E-state index in [1.165, 1.54) is 12.1 Å². The monoisotopic (exact) mass is 205 g/mol. The van der Waals surface area contributed by atoms with Crippen molar-refractivity contribution in [1.82, 2.24) is 9.78 Å². The van der Waals surface area contributed by atoms with Gasteiger partial charge in [0.1, 0.15) is 5.82 Å². The van der Waals surface area contributed by atoms with Crippen molar-refractivity contribution in [2.24, 2.45) is 12.8 Å². The second kappa shape index (κ2) is 3.82. The molecule has 2 N–H and O–H groups in total. The van der Waals surface area contributed by atoms with Crippen LogP contribution in [0.15, 0.2) is 36.7 Å². The van der Waals surface area contributed by atoms with E-state index in [4.69, 9.17) is 5.73 Å². The van der Waals surface area contributed by atoms with Gasteiger partial charge in [0.15, 0.2) is 0 Å². The third-order valence-corrected chi connectivity index (χ3v) is 2.31. The van der Waals surface area contributed by atoms with Gasteiger partial charge in [-0.2, -0.15) is 5.10 Å². The van der Waals surface area contributed by atoms with Crippen molar-refractivity contribution in [1.29, 1.82) is 0 Å². The molecule has 0 fully saturated rings. The molecule has 2 aromatic rings. The van der Waals surface area contributed by atoms with Crippen LogP contribution in [-0.2, 0) is 7.05 Å². The van der Waals surface area contributed by atoms with Gasteiger partial charge in [0.25, 0.3) is 0 Å². The third-order valence-electron chi connectivity index (χ3n) is 2.31. The summed E-state index contributed by atoms with van der Waals surface area (Å²) in [5.74, 6) is -0.253. The van der Waals surface area contributed by atoms with Crippen LogP contribution in [-0.4, -0.2) is 9.78 Å². The number of aryl methyl sites for hydroxylation is 1. The summed E-state index contributed by atoms with van der Waals surface area (Å²) in [6.07, 6.45) is 3.57.